The molecule has 0 unspecified atom stereocenters. The Labute approximate surface area is 101 Å². The van der Waals surface area contributed by atoms with Crippen molar-refractivity contribution in [3.8, 4) is 0 Å². The molecule has 0 aromatic heterocycles. The summed E-state index contributed by atoms with van der Waals surface area (Å²) in [5.41, 5.74) is 0. The number of hydrogen-bond acceptors (Lipinski definition) is 4. The number of carbonyl (C=O) groups is 1. The number of rotatable bonds is 4. The summed E-state index contributed by atoms with van der Waals surface area (Å²) in [5, 5.41) is 0. The van der Waals surface area contributed by atoms with Gasteiger partial charge in [-0.3, -0.25) is 4.55 Å². The quantitative estimate of drug-likeness (QED) is 0.291. The molecule has 7 heteroatoms. The van der Waals surface area contributed by atoms with Crippen LogP contribution in [0.25, 0.3) is 0 Å². The summed E-state index contributed by atoms with van der Waals surface area (Å²) in [7, 11) is -4.04. The van der Waals surface area contributed by atoms with Gasteiger partial charge >= 0.3 is 5.97 Å². The summed E-state index contributed by atoms with van der Waals surface area (Å²) < 4.78 is 32.5. The van der Waals surface area contributed by atoms with E-state index < -0.39 is 21.8 Å². The standard InChI is InChI=1S/C5H8O5S.Ca/c1-2-5(6)10-3-4-11(7,8)9;/h2H,1,3-4H2,(H,7,8,9);. The van der Waals surface area contributed by atoms with Gasteiger partial charge < -0.3 is 4.74 Å². The first-order chi connectivity index (χ1) is 4.95. The van der Waals surface area contributed by atoms with Crippen molar-refractivity contribution in [2.75, 3.05) is 12.4 Å². The van der Waals surface area contributed by atoms with Gasteiger partial charge in [0.15, 0.2) is 0 Å². The Kier molecular flexibility index (Phi) is 8.49. The molecule has 0 spiro atoms. The molecule has 0 saturated carbocycles. The molecule has 0 rings (SSSR count). The Bertz CT molecular complexity index is 245. The third-order valence-electron chi connectivity index (χ3n) is 0.752. The van der Waals surface area contributed by atoms with Crippen molar-refractivity contribution in [3.05, 3.63) is 12.7 Å². The van der Waals surface area contributed by atoms with Crippen molar-refractivity contribution >= 4 is 53.8 Å². The molecule has 0 fully saturated rings. The zero-order valence-corrected chi connectivity index (χ0v) is 9.42. The van der Waals surface area contributed by atoms with Crippen LogP contribution in [-0.2, 0) is 19.6 Å². The van der Waals surface area contributed by atoms with E-state index in [0.717, 1.165) is 6.08 Å². The maximum absolute atomic E-state index is 10.3. The Morgan fingerprint density at radius 2 is 2.08 bits per heavy atom. The number of hydrogen-bond donors (Lipinski definition) is 1. The molecule has 0 heterocycles. The van der Waals surface area contributed by atoms with E-state index in [4.69, 9.17) is 4.55 Å². The Balaban J connectivity index is 0. The maximum Gasteiger partial charge on any atom is 0.330 e. The van der Waals surface area contributed by atoms with Crippen LogP contribution < -0.4 is 0 Å². The van der Waals surface area contributed by atoms with Crippen LogP contribution in [0.4, 0.5) is 0 Å². The van der Waals surface area contributed by atoms with E-state index in [-0.39, 0.29) is 44.3 Å². The van der Waals surface area contributed by atoms with Crippen LogP contribution in [0.3, 0.4) is 0 Å². The van der Waals surface area contributed by atoms with Crippen LogP contribution >= 0.6 is 0 Å². The minimum absolute atomic E-state index is 0. The molecule has 0 saturated heterocycles. The zero-order chi connectivity index (χ0) is 8.91. The number of esters is 1. The van der Waals surface area contributed by atoms with E-state index in [9.17, 15) is 13.2 Å². The molecule has 0 bridgehead atoms. The summed E-state index contributed by atoms with van der Waals surface area (Å²) in [6.45, 7) is 2.73. The van der Waals surface area contributed by atoms with Crippen LogP contribution in [0.2, 0.25) is 0 Å². The van der Waals surface area contributed by atoms with E-state index in [1.54, 1.807) is 0 Å². The first-order valence-corrected chi connectivity index (χ1v) is 4.31. The predicted molar refractivity (Wildman–Crippen MR) is 43.3 cm³/mol. The minimum atomic E-state index is -4.04. The van der Waals surface area contributed by atoms with Gasteiger partial charge in [0, 0.05) is 43.8 Å². The Morgan fingerprint density at radius 3 is 2.42 bits per heavy atom. The van der Waals surface area contributed by atoms with Crippen molar-refractivity contribution in [3.63, 3.8) is 0 Å². The average Bonchev–Trinajstić information content (AvgIpc) is 1.85. The molecular formula is C5H8CaO5S. The fraction of sp³-hybridized carbons (Fsp3) is 0.400. The van der Waals surface area contributed by atoms with Crippen LogP contribution in [0.1, 0.15) is 0 Å². The van der Waals surface area contributed by atoms with Gasteiger partial charge in [0.25, 0.3) is 10.1 Å². The second-order valence-electron chi connectivity index (χ2n) is 1.66. The maximum atomic E-state index is 10.3. The molecule has 1 N–H and O–H groups in total. The summed E-state index contributed by atoms with van der Waals surface area (Å²) >= 11 is 0. The Morgan fingerprint density at radius 1 is 1.58 bits per heavy atom. The molecule has 66 valence electrons. The van der Waals surface area contributed by atoms with Gasteiger partial charge in [-0.25, -0.2) is 4.79 Å². The number of ether oxygens (including phenoxy) is 1. The topological polar surface area (TPSA) is 80.7 Å². The molecule has 5 nitrogen and oxygen atoms in total. The van der Waals surface area contributed by atoms with Gasteiger partial charge in [-0.2, -0.15) is 8.42 Å². The first-order valence-electron chi connectivity index (χ1n) is 2.70. The van der Waals surface area contributed by atoms with Gasteiger partial charge in [-0.1, -0.05) is 6.58 Å². The molecule has 0 atom stereocenters. The molecule has 0 aliphatic heterocycles. The SMILES string of the molecule is C=CC(=O)OCCS(=O)(=O)O.[Ca]. The normalized spacial score (nSPS) is 9.75. The molecule has 0 amide bonds. The van der Waals surface area contributed by atoms with Crippen LogP contribution in [0.5, 0.6) is 0 Å². The van der Waals surface area contributed by atoms with Gasteiger partial charge in [0.2, 0.25) is 0 Å². The molecule has 0 aliphatic carbocycles. The average molecular weight is 220 g/mol. The summed E-state index contributed by atoms with van der Waals surface area (Å²) in [6, 6.07) is 0. The summed E-state index contributed by atoms with van der Waals surface area (Å²) in [4.78, 5) is 10.3. The fourth-order valence-corrected chi connectivity index (χ4v) is 0.600. The van der Waals surface area contributed by atoms with E-state index in [2.05, 4.69) is 11.3 Å². The molecule has 0 aliphatic rings. The second kappa shape index (κ2) is 6.85. The van der Waals surface area contributed by atoms with Gasteiger partial charge in [0.05, 0.1) is 0 Å². The van der Waals surface area contributed by atoms with Crippen LogP contribution in [0, 0.1) is 0 Å². The molecular weight excluding hydrogens is 212 g/mol. The molecule has 0 aromatic carbocycles. The summed E-state index contributed by atoms with van der Waals surface area (Å²) in [5.74, 6) is -1.30. The zero-order valence-electron chi connectivity index (χ0n) is 6.39. The molecule has 0 aromatic rings. The predicted octanol–water partition coefficient (Wildman–Crippen LogP) is -0.777. The Hall–Kier alpha value is 0.380. The van der Waals surface area contributed by atoms with Crippen LogP contribution in [-0.4, -0.2) is 69.0 Å². The van der Waals surface area contributed by atoms with E-state index in [1.807, 2.05) is 0 Å². The van der Waals surface area contributed by atoms with Crippen molar-refractivity contribution in [1.82, 2.24) is 0 Å². The first kappa shape index (κ1) is 14.9. The molecule has 2 radical (unpaired) electrons. The van der Waals surface area contributed by atoms with Crippen molar-refractivity contribution < 1.29 is 22.5 Å². The minimum Gasteiger partial charge on any atom is -0.461 e. The van der Waals surface area contributed by atoms with Gasteiger partial charge in [0.1, 0.15) is 12.4 Å². The number of carbonyl (C=O) groups excluding carboxylic acids is 1. The third-order valence-corrected chi connectivity index (χ3v) is 1.43. The van der Waals surface area contributed by atoms with E-state index >= 15 is 0 Å². The fourth-order valence-electron chi connectivity index (χ4n) is 0.306. The van der Waals surface area contributed by atoms with Crippen molar-refractivity contribution in [2.24, 2.45) is 0 Å². The largest absolute Gasteiger partial charge is 0.461 e. The second-order valence-corrected chi connectivity index (χ2v) is 3.23. The summed E-state index contributed by atoms with van der Waals surface area (Å²) in [6.07, 6.45) is 0.907. The molecule has 12 heavy (non-hydrogen) atoms. The van der Waals surface area contributed by atoms with Gasteiger partial charge in [-0.15, -0.1) is 0 Å². The van der Waals surface area contributed by atoms with Crippen LogP contribution in [0.15, 0.2) is 12.7 Å². The van der Waals surface area contributed by atoms with E-state index in [1.165, 1.54) is 0 Å². The van der Waals surface area contributed by atoms with E-state index in [0.29, 0.717) is 0 Å². The van der Waals surface area contributed by atoms with Crippen molar-refractivity contribution in [1.29, 1.82) is 0 Å². The third kappa shape index (κ3) is 10.4. The van der Waals surface area contributed by atoms with Crippen molar-refractivity contribution in [2.45, 2.75) is 0 Å². The van der Waals surface area contributed by atoms with Gasteiger partial charge in [-0.05, 0) is 0 Å². The smallest absolute Gasteiger partial charge is 0.330 e. The monoisotopic (exact) mass is 220 g/mol.